The molecule has 0 fully saturated rings. The van der Waals surface area contributed by atoms with Crippen LogP contribution in [0.15, 0.2) is 35.7 Å². The number of nitrogens with one attached hydrogen (secondary N) is 2. The summed E-state index contributed by atoms with van der Waals surface area (Å²) in [6.07, 6.45) is 0. The minimum atomic E-state index is -0.287. The van der Waals surface area contributed by atoms with Crippen LogP contribution in [0.1, 0.15) is 10.9 Å². The largest absolute Gasteiger partial charge is 0.497 e. The van der Waals surface area contributed by atoms with Gasteiger partial charge in [0, 0.05) is 17.5 Å². The number of urea groups is 1. The molecule has 0 bridgehead atoms. The Bertz CT molecular complexity index is 659. The van der Waals surface area contributed by atoms with Gasteiger partial charge in [0.1, 0.15) is 11.5 Å². The molecule has 2 rings (SSSR count). The maximum absolute atomic E-state index is 12.2. The molecule has 130 valence electrons. The van der Waals surface area contributed by atoms with E-state index in [-0.39, 0.29) is 12.1 Å². The van der Waals surface area contributed by atoms with Crippen LogP contribution >= 0.6 is 11.3 Å². The van der Waals surface area contributed by atoms with Gasteiger partial charge in [-0.1, -0.05) is 6.07 Å². The minimum absolute atomic E-state index is 0.128. The first-order valence-corrected chi connectivity index (χ1v) is 8.39. The molecule has 24 heavy (non-hydrogen) atoms. The number of likely N-dealkylation sites (N-methyl/N-ethyl adjacent to an activating group) is 1. The first-order valence-electron chi connectivity index (χ1n) is 7.52. The topological polar surface area (TPSA) is 62.8 Å². The van der Waals surface area contributed by atoms with E-state index in [9.17, 15) is 4.79 Å². The second-order valence-electron chi connectivity index (χ2n) is 5.40. The fourth-order valence-electron chi connectivity index (χ4n) is 2.29. The van der Waals surface area contributed by atoms with Crippen LogP contribution in [0.5, 0.6) is 11.5 Å². The number of hydrogen-bond acceptors (Lipinski definition) is 5. The van der Waals surface area contributed by atoms with Gasteiger partial charge in [-0.05, 0) is 37.7 Å². The van der Waals surface area contributed by atoms with Crippen LogP contribution in [-0.2, 0) is 0 Å². The van der Waals surface area contributed by atoms with Crippen molar-refractivity contribution in [3.63, 3.8) is 0 Å². The van der Waals surface area contributed by atoms with Gasteiger partial charge in [-0.15, -0.1) is 11.3 Å². The van der Waals surface area contributed by atoms with Crippen molar-refractivity contribution in [2.45, 2.75) is 6.04 Å². The van der Waals surface area contributed by atoms with Crippen molar-refractivity contribution >= 4 is 23.1 Å². The lowest BCUT2D eigenvalue weighted by molar-refractivity contribution is 0.244. The molecule has 0 unspecified atom stereocenters. The predicted octanol–water partition coefficient (Wildman–Crippen LogP) is 3.19. The van der Waals surface area contributed by atoms with Crippen LogP contribution in [0.3, 0.4) is 0 Å². The number of thiophene rings is 1. The molecule has 2 amide bonds. The highest BCUT2D eigenvalue weighted by molar-refractivity contribution is 7.10. The number of hydrogen-bond donors (Lipinski definition) is 2. The van der Waals surface area contributed by atoms with E-state index in [1.165, 1.54) is 4.88 Å². The SMILES string of the molecule is COc1ccc(OC)c(NC(=O)NC[C@@H](c2cccs2)N(C)C)c1. The molecule has 2 aromatic rings. The third-order valence-electron chi connectivity index (χ3n) is 3.61. The average Bonchev–Trinajstić information content (AvgIpc) is 3.08. The Labute approximate surface area is 146 Å². The van der Waals surface area contributed by atoms with Gasteiger partial charge in [0.2, 0.25) is 0 Å². The van der Waals surface area contributed by atoms with E-state index in [1.54, 1.807) is 43.8 Å². The molecular formula is C17H23N3O3S. The molecule has 0 aliphatic rings. The second-order valence-corrected chi connectivity index (χ2v) is 6.38. The molecule has 1 aromatic carbocycles. The number of nitrogens with zero attached hydrogens (tertiary/aromatic N) is 1. The Morgan fingerprint density at radius 2 is 2.04 bits per heavy atom. The Balaban J connectivity index is 2.00. The maximum Gasteiger partial charge on any atom is 0.319 e. The molecule has 0 aliphatic heterocycles. The van der Waals surface area contributed by atoms with Crippen molar-refractivity contribution in [2.24, 2.45) is 0 Å². The molecule has 1 atom stereocenters. The molecule has 0 aliphatic carbocycles. The Hall–Kier alpha value is -2.25. The molecule has 2 N–H and O–H groups in total. The quantitative estimate of drug-likeness (QED) is 0.806. The molecule has 0 radical (unpaired) electrons. The van der Waals surface area contributed by atoms with Gasteiger partial charge in [0.15, 0.2) is 0 Å². The van der Waals surface area contributed by atoms with Crippen LogP contribution in [-0.4, -0.2) is 45.8 Å². The molecule has 0 saturated carbocycles. The van der Waals surface area contributed by atoms with E-state index < -0.39 is 0 Å². The summed E-state index contributed by atoms with van der Waals surface area (Å²) in [6.45, 7) is 0.506. The minimum Gasteiger partial charge on any atom is -0.497 e. The van der Waals surface area contributed by atoms with Gasteiger partial charge in [-0.2, -0.15) is 0 Å². The van der Waals surface area contributed by atoms with Crippen molar-refractivity contribution in [1.82, 2.24) is 10.2 Å². The third kappa shape index (κ3) is 4.62. The zero-order valence-corrected chi connectivity index (χ0v) is 15.1. The first kappa shape index (κ1) is 18.1. The van der Waals surface area contributed by atoms with Gasteiger partial charge in [-0.25, -0.2) is 4.79 Å². The number of rotatable bonds is 7. The van der Waals surface area contributed by atoms with Gasteiger partial charge in [-0.3, -0.25) is 0 Å². The molecular weight excluding hydrogens is 326 g/mol. The number of anilines is 1. The summed E-state index contributed by atoms with van der Waals surface area (Å²) in [7, 11) is 7.13. The van der Waals surface area contributed by atoms with Gasteiger partial charge < -0.3 is 25.0 Å². The van der Waals surface area contributed by atoms with Gasteiger partial charge in [0.05, 0.1) is 25.9 Å². The predicted molar refractivity (Wildman–Crippen MR) is 97.3 cm³/mol. The Morgan fingerprint density at radius 3 is 2.62 bits per heavy atom. The summed E-state index contributed by atoms with van der Waals surface area (Å²) in [4.78, 5) is 15.5. The zero-order valence-electron chi connectivity index (χ0n) is 14.3. The van der Waals surface area contributed by atoms with Crippen LogP contribution in [0.25, 0.3) is 0 Å². The fourth-order valence-corrected chi connectivity index (χ4v) is 3.21. The number of amides is 2. The summed E-state index contributed by atoms with van der Waals surface area (Å²) < 4.78 is 10.4. The number of methoxy groups -OCH3 is 2. The number of ether oxygens (including phenoxy) is 2. The van der Waals surface area contributed by atoms with Crippen molar-refractivity contribution in [3.8, 4) is 11.5 Å². The lowest BCUT2D eigenvalue weighted by Crippen LogP contribution is -2.36. The molecule has 1 heterocycles. The normalized spacial score (nSPS) is 11.9. The highest BCUT2D eigenvalue weighted by atomic mass is 32.1. The van der Waals surface area contributed by atoms with E-state index in [1.807, 2.05) is 25.5 Å². The summed E-state index contributed by atoms with van der Waals surface area (Å²) in [6, 6.07) is 9.18. The van der Waals surface area contributed by atoms with Crippen LogP contribution in [0, 0.1) is 0 Å². The average molecular weight is 349 g/mol. The van der Waals surface area contributed by atoms with Crippen LogP contribution in [0.2, 0.25) is 0 Å². The van der Waals surface area contributed by atoms with E-state index in [2.05, 4.69) is 21.6 Å². The van der Waals surface area contributed by atoms with E-state index in [4.69, 9.17) is 9.47 Å². The second kappa shape index (κ2) is 8.56. The van der Waals surface area contributed by atoms with E-state index in [0.29, 0.717) is 23.7 Å². The number of carbonyl (C=O) groups is 1. The third-order valence-corrected chi connectivity index (χ3v) is 4.58. The summed E-state index contributed by atoms with van der Waals surface area (Å²) in [5.41, 5.74) is 0.562. The van der Waals surface area contributed by atoms with Crippen molar-refractivity contribution < 1.29 is 14.3 Å². The van der Waals surface area contributed by atoms with Crippen molar-refractivity contribution in [2.75, 3.05) is 40.2 Å². The summed E-state index contributed by atoms with van der Waals surface area (Å²) in [5.74, 6) is 1.23. The van der Waals surface area contributed by atoms with E-state index >= 15 is 0 Å². The Morgan fingerprint density at radius 1 is 1.25 bits per heavy atom. The molecule has 7 heteroatoms. The molecule has 1 aromatic heterocycles. The van der Waals surface area contributed by atoms with Crippen LogP contribution < -0.4 is 20.1 Å². The highest BCUT2D eigenvalue weighted by Gasteiger charge is 2.17. The van der Waals surface area contributed by atoms with Crippen LogP contribution in [0.4, 0.5) is 10.5 Å². The summed E-state index contributed by atoms with van der Waals surface area (Å²) in [5, 5.41) is 7.75. The van der Waals surface area contributed by atoms with Crippen molar-refractivity contribution in [1.29, 1.82) is 0 Å². The lowest BCUT2D eigenvalue weighted by atomic mass is 10.2. The van der Waals surface area contributed by atoms with Gasteiger partial charge in [0.25, 0.3) is 0 Å². The van der Waals surface area contributed by atoms with Gasteiger partial charge >= 0.3 is 6.03 Å². The van der Waals surface area contributed by atoms with Crippen molar-refractivity contribution in [3.05, 3.63) is 40.6 Å². The number of benzene rings is 1. The number of carbonyl (C=O) groups excluding carboxylic acids is 1. The fraction of sp³-hybridized carbons (Fsp3) is 0.353. The molecule has 0 spiro atoms. The zero-order chi connectivity index (χ0) is 17.5. The highest BCUT2D eigenvalue weighted by Crippen LogP contribution is 2.29. The molecule has 6 nitrogen and oxygen atoms in total. The maximum atomic E-state index is 12.2. The standard InChI is InChI=1S/C17H23N3O3S/c1-20(2)14(16-6-5-9-24-16)11-18-17(21)19-13-10-12(22-3)7-8-15(13)23-4/h5-10,14H,11H2,1-4H3,(H2,18,19,21)/t14-/m0/s1. The smallest absolute Gasteiger partial charge is 0.319 e. The summed E-state index contributed by atoms with van der Waals surface area (Å²) >= 11 is 1.68. The molecule has 0 saturated heterocycles. The monoisotopic (exact) mass is 349 g/mol. The first-order chi connectivity index (χ1) is 11.5. The Kier molecular flexibility index (Phi) is 6.45. The lowest BCUT2D eigenvalue weighted by Gasteiger charge is -2.23. The van der Waals surface area contributed by atoms with E-state index in [0.717, 1.165) is 0 Å².